The third-order valence-corrected chi connectivity index (χ3v) is 1.95. The monoisotopic (exact) mass is 209 g/mol. The lowest BCUT2D eigenvalue weighted by molar-refractivity contribution is 0.479. The van der Waals surface area contributed by atoms with E-state index in [2.05, 4.69) is 10.1 Å². The Hall–Kier alpha value is -1.52. The molecule has 0 saturated heterocycles. The first-order chi connectivity index (χ1) is 7.00. The first-order valence-corrected chi connectivity index (χ1v) is 4.88. The van der Waals surface area contributed by atoms with Gasteiger partial charge in [-0.15, -0.1) is 0 Å². The van der Waals surface area contributed by atoms with Crippen molar-refractivity contribution in [1.82, 2.24) is 19.6 Å². The molecule has 15 heavy (non-hydrogen) atoms. The van der Waals surface area contributed by atoms with Crippen molar-refractivity contribution in [3.05, 3.63) is 18.0 Å². The number of aromatic nitrogens is 2. The summed E-state index contributed by atoms with van der Waals surface area (Å²) in [5, 5.41) is 4.27. The third-order valence-electron chi connectivity index (χ3n) is 1.95. The second-order valence-electron chi connectivity index (χ2n) is 3.89. The summed E-state index contributed by atoms with van der Waals surface area (Å²) in [6.45, 7) is 0.618. The highest BCUT2D eigenvalue weighted by atomic mass is 15.3. The van der Waals surface area contributed by atoms with Gasteiger partial charge < -0.3 is 9.80 Å². The van der Waals surface area contributed by atoms with E-state index in [1.807, 2.05) is 57.3 Å². The Balaban J connectivity index is 2.69. The van der Waals surface area contributed by atoms with Crippen LogP contribution in [0.15, 0.2) is 17.3 Å². The zero-order valence-corrected chi connectivity index (χ0v) is 10.1. The van der Waals surface area contributed by atoms with Crippen LogP contribution in [0.4, 0.5) is 0 Å². The Morgan fingerprint density at radius 3 is 2.33 bits per heavy atom. The van der Waals surface area contributed by atoms with Crippen LogP contribution in [0, 0.1) is 0 Å². The fraction of sp³-hybridized carbons (Fsp3) is 0.600. The highest BCUT2D eigenvalue weighted by Crippen LogP contribution is 1.98. The van der Waals surface area contributed by atoms with E-state index in [0.717, 1.165) is 11.7 Å². The van der Waals surface area contributed by atoms with Gasteiger partial charge in [-0.05, 0) is 6.07 Å². The van der Waals surface area contributed by atoms with E-state index in [4.69, 9.17) is 0 Å². The Labute approximate surface area is 91.0 Å². The molecule has 0 aliphatic heterocycles. The summed E-state index contributed by atoms with van der Waals surface area (Å²) in [5.74, 6) is 0.945. The van der Waals surface area contributed by atoms with Gasteiger partial charge in [-0.3, -0.25) is 4.68 Å². The molecule has 0 atom stereocenters. The molecule has 1 rings (SSSR count). The molecule has 1 heterocycles. The van der Waals surface area contributed by atoms with Gasteiger partial charge in [-0.25, -0.2) is 4.99 Å². The molecule has 1 aromatic heterocycles. The summed E-state index contributed by atoms with van der Waals surface area (Å²) in [4.78, 5) is 8.48. The average Bonchev–Trinajstić information content (AvgIpc) is 2.50. The van der Waals surface area contributed by atoms with E-state index in [-0.39, 0.29) is 0 Å². The van der Waals surface area contributed by atoms with Gasteiger partial charge in [0.05, 0.1) is 12.2 Å². The van der Waals surface area contributed by atoms with Crippen LogP contribution in [0.25, 0.3) is 0 Å². The zero-order valence-electron chi connectivity index (χ0n) is 10.1. The Morgan fingerprint density at radius 2 is 1.93 bits per heavy atom. The molecule has 1 aromatic rings. The van der Waals surface area contributed by atoms with Crippen LogP contribution in [-0.4, -0.2) is 53.7 Å². The molecular weight excluding hydrogens is 190 g/mol. The molecule has 5 heteroatoms. The molecule has 0 spiro atoms. The first kappa shape index (κ1) is 11.6. The van der Waals surface area contributed by atoms with Crippen LogP contribution in [0.3, 0.4) is 0 Å². The van der Waals surface area contributed by atoms with E-state index in [0.29, 0.717) is 6.54 Å². The largest absolute Gasteiger partial charge is 0.349 e. The molecule has 0 bridgehead atoms. The normalized spacial score (nSPS) is 9.93. The standard InChI is InChI=1S/C10H19N5/c1-13(2)10(14(3)4)11-8-9-6-7-15(5)12-9/h6-7H,8H2,1-5H3. The average molecular weight is 209 g/mol. The van der Waals surface area contributed by atoms with Crippen LogP contribution >= 0.6 is 0 Å². The summed E-state index contributed by atoms with van der Waals surface area (Å²) in [7, 11) is 9.84. The second kappa shape index (κ2) is 4.82. The summed E-state index contributed by atoms with van der Waals surface area (Å²) < 4.78 is 1.79. The molecule has 0 N–H and O–H groups in total. The van der Waals surface area contributed by atoms with Crippen molar-refractivity contribution in [3.63, 3.8) is 0 Å². The summed E-state index contributed by atoms with van der Waals surface area (Å²) in [6.07, 6.45) is 1.93. The minimum Gasteiger partial charge on any atom is -0.349 e. The molecule has 0 aliphatic carbocycles. The van der Waals surface area contributed by atoms with Crippen molar-refractivity contribution >= 4 is 5.96 Å². The molecule has 0 radical (unpaired) electrons. The zero-order chi connectivity index (χ0) is 11.4. The quantitative estimate of drug-likeness (QED) is 0.522. The summed E-state index contributed by atoms with van der Waals surface area (Å²) >= 11 is 0. The lowest BCUT2D eigenvalue weighted by Gasteiger charge is -2.22. The molecule has 0 fully saturated rings. The molecule has 0 aliphatic rings. The van der Waals surface area contributed by atoms with E-state index < -0.39 is 0 Å². The molecular formula is C10H19N5. The van der Waals surface area contributed by atoms with Gasteiger partial charge in [0.15, 0.2) is 5.96 Å². The van der Waals surface area contributed by atoms with Gasteiger partial charge >= 0.3 is 0 Å². The Morgan fingerprint density at radius 1 is 1.33 bits per heavy atom. The molecule has 0 amide bonds. The van der Waals surface area contributed by atoms with Crippen molar-refractivity contribution in [1.29, 1.82) is 0 Å². The van der Waals surface area contributed by atoms with E-state index in [9.17, 15) is 0 Å². The first-order valence-electron chi connectivity index (χ1n) is 4.88. The number of nitrogens with zero attached hydrogens (tertiary/aromatic N) is 5. The highest BCUT2D eigenvalue weighted by molar-refractivity contribution is 5.79. The van der Waals surface area contributed by atoms with Gasteiger partial charge in [-0.2, -0.15) is 5.10 Å². The minimum absolute atomic E-state index is 0.618. The number of hydrogen-bond donors (Lipinski definition) is 0. The van der Waals surface area contributed by atoms with Crippen LogP contribution in [0.5, 0.6) is 0 Å². The van der Waals surface area contributed by atoms with Crippen molar-refractivity contribution in [2.75, 3.05) is 28.2 Å². The van der Waals surface area contributed by atoms with Crippen LogP contribution < -0.4 is 0 Å². The fourth-order valence-electron chi connectivity index (χ4n) is 1.38. The number of guanidine groups is 1. The molecule has 0 aromatic carbocycles. The lowest BCUT2D eigenvalue weighted by Crippen LogP contribution is -2.35. The molecule has 84 valence electrons. The number of aryl methyl sites for hydroxylation is 1. The number of rotatable bonds is 2. The summed E-state index contributed by atoms with van der Waals surface area (Å²) in [5.41, 5.74) is 0.985. The van der Waals surface area contributed by atoms with Crippen LogP contribution in [0.1, 0.15) is 5.69 Å². The predicted octanol–water partition coefficient (Wildman–Crippen LogP) is 0.399. The molecule has 0 saturated carbocycles. The maximum absolute atomic E-state index is 4.50. The Kier molecular flexibility index (Phi) is 3.71. The lowest BCUT2D eigenvalue weighted by atomic mass is 10.4. The van der Waals surface area contributed by atoms with Crippen molar-refractivity contribution in [3.8, 4) is 0 Å². The third kappa shape index (κ3) is 3.27. The molecule has 5 nitrogen and oxygen atoms in total. The van der Waals surface area contributed by atoms with Gasteiger partial charge in [0, 0.05) is 41.4 Å². The van der Waals surface area contributed by atoms with Crippen molar-refractivity contribution < 1.29 is 0 Å². The van der Waals surface area contributed by atoms with Gasteiger partial charge in [0.1, 0.15) is 0 Å². The van der Waals surface area contributed by atoms with Gasteiger partial charge in [0.25, 0.3) is 0 Å². The summed E-state index contributed by atoms with van der Waals surface area (Å²) in [6, 6.07) is 1.98. The van der Waals surface area contributed by atoms with E-state index in [1.165, 1.54) is 0 Å². The van der Waals surface area contributed by atoms with Crippen LogP contribution in [-0.2, 0) is 13.6 Å². The predicted molar refractivity (Wildman–Crippen MR) is 61.7 cm³/mol. The SMILES string of the molecule is CN(C)C(=NCc1ccn(C)n1)N(C)C. The second-order valence-corrected chi connectivity index (χ2v) is 3.89. The van der Waals surface area contributed by atoms with Gasteiger partial charge in [-0.1, -0.05) is 0 Å². The minimum atomic E-state index is 0.618. The molecule has 0 unspecified atom stereocenters. The van der Waals surface area contributed by atoms with E-state index >= 15 is 0 Å². The maximum atomic E-state index is 4.50. The number of hydrogen-bond acceptors (Lipinski definition) is 2. The van der Waals surface area contributed by atoms with Crippen molar-refractivity contribution in [2.45, 2.75) is 6.54 Å². The van der Waals surface area contributed by atoms with Crippen molar-refractivity contribution in [2.24, 2.45) is 12.0 Å². The fourth-order valence-corrected chi connectivity index (χ4v) is 1.38. The van der Waals surface area contributed by atoms with E-state index in [1.54, 1.807) is 4.68 Å². The maximum Gasteiger partial charge on any atom is 0.195 e. The van der Waals surface area contributed by atoms with Gasteiger partial charge in [0.2, 0.25) is 0 Å². The van der Waals surface area contributed by atoms with Crippen LogP contribution in [0.2, 0.25) is 0 Å². The Bertz CT molecular complexity index is 327. The smallest absolute Gasteiger partial charge is 0.195 e. The highest BCUT2D eigenvalue weighted by Gasteiger charge is 2.04. The number of aliphatic imine (C=N–C) groups is 1. The topological polar surface area (TPSA) is 36.7 Å².